The molecule has 0 aromatic heterocycles. The second-order valence-electron chi connectivity index (χ2n) is 8.02. The second kappa shape index (κ2) is 9.93. The standard InChI is InChI=1S/C22H30N4O5/c1-16(2)15-31-18-6-4-17(5-7-18)22(3)20(28)26(21(29)24-22)14-19(27)23-8-9-25-10-12-30-13-11-25/h4-7H,1,8-15H2,2-3H3,(H,23,27)(H,24,29). The smallest absolute Gasteiger partial charge is 0.325 e. The van der Waals surface area contributed by atoms with Gasteiger partial charge in [-0.15, -0.1) is 0 Å². The summed E-state index contributed by atoms with van der Waals surface area (Å²) in [6.07, 6.45) is 0. The maximum absolute atomic E-state index is 13.0. The number of amides is 4. The van der Waals surface area contributed by atoms with Gasteiger partial charge in [0.25, 0.3) is 5.91 Å². The molecule has 2 N–H and O–H groups in total. The van der Waals surface area contributed by atoms with Crippen molar-refractivity contribution in [3.63, 3.8) is 0 Å². The Bertz CT molecular complexity index is 835. The Balaban J connectivity index is 1.55. The second-order valence-corrected chi connectivity index (χ2v) is 8.02. The number of hydrogen-bond donors (Lipinski definition) is 2. The van der Waals surface area contributed by atoms with E-state index in [0.717, 1.165) is 23.6 Å². The first kappa shape index (κ1) is 22.8. The molecule has 3 rings (SSSR count). The van der Waals surface area contributed by atoms with Gasteiger partial charge in [0.15, 0.2) is 0 Å². The van der Waals surface area contributed by atoms with E-state index in [0.29, 0.717) is 44.2 Å². The van der Waals surface area contributed by atoms with Crippen molar-refractivity contribution in [1.82, 2.24) is 20.4 Å². The summed E-state index contributed by atoms with van der Waals surface area (Å²) in [5.41, 5.74) is 0.273. The lowest BCUT2D eigenvalue weighted by molar-refractivity contribution is -0.134. The predicted octanol–water partition coefficient (Wildman–Crippen LogP) is 0.857. The molecule has 2 saturated heterocycles. The van der Waals surface area contributed by atoms with E-state index in [1.165, 1.54) is 0 Å². The highest BCUT2D eigenvalue weighted by Crippen LogP contribution is 2.30. The van der Waals surface area contributed by atoms with Crippen molar-refractivity contribution in [3.05, 3.63) is 42.0 Å². The van der Waals surface area contributed by atoms with Crippen LogP contribution in [-0.4, -0.2) is 80.2 Å². The number of carbonyl (C=O) groups is 3. The van der Waals surface area contributed by atoms with Gasteiger partial charge in [-0.25, -0.2) is 4.79 Å². The molecule has 9 nitrogen and oxygen atoms in total. The van der Waals surface area contributed by atoms with Crippen LogP contribution in [0.3, 0.4) is 0 Å². The summed E-state index contributed by atoms with van der Waals surface area (Å²) in [6.45, 7) is 11.6. The first-order valence-electron chi connectivity index (χ1n) is 10.4. The van der Waals surface area contributed by atoms with E-state index >= 15 is 0 Å². The average molecular weight is 431 g/mol. The Morgan fingerprint density at radius 1 is 1.26 bits per heavy atom. The fourth-order valence-corrected chi connectivity index (χ4v) is 3.50. The number of imide groups is 1. The Morgan fingerprint density at radius 2 is 1.94 bits per heavy atom. The fraction of sp³-hybridized carbons (Fsp3) is 0.500. The molecule has 0 bridgehead atoms. The summed E-state index contributed by atoms with van der Waals surface area (Å²) >= 11 is 0. The van der Waals surface area contributed by atoms with Gasteiger partial charge in [-0.2, -0.15) is 0 Å². The zero-order valence-corrected chi connectivity index (χ0v) is 18.1. The summed E-state index contributed by atoms with van der Waals surface area (Å²) in [6, 6.07) is 6.36. The molecule has 31 heavy (non-hydrogen) atoms. The minimum Gasteiger partial charge on any atom is -0.489 e. The van der Waals surface area contributed by atoms with Crippen LogP contribution in [0.15, 0.2) is 36.4 Å². The fourth-order valence-electron chi connectivity index (χ4n) is 3.50. The summed E-state index contributed by atoms with van der Waals surface area (Å²) in [5.74, 6) is -0.190. The van der Waals surface area contributed by atoms with Crippen LogP contribution in [0.1, 0.15) is 19.4 Å². The highest BCUT2D eigenvalue weighted by molar-refractivity contribution is 6.09. The first-order valence-corrected chi connectivity index (χ1v) is 10.4. The number of ether oxygens (including phenoxy) is 2. The van der Waals surface area contributed by atoms with Crippen molar-refractivity contribution < 1.29 is 23.9 Å². The third-order valence-corrected chi connectivity index (χ3v) is 5.35. The number of urea groups is 1. The molecule has 1 unspecified atom stereocenters. The van der Waals surface area contributed by atoms with E-state index in [-0.39, 0.29) is 12.5 Å². The Labute approximate surface area is 182 Å². The van der Waals surface area contributed by atoms with Gasteiger partial charge < -0.3 is 20.1 Å². The van der Waals surface area contributed by atoms with Gasteiger partial charge in [-0.1, -0.05) is 18.7 Å². The number of nitrogens with zero attached hydrogens (tertiary/aromatic N) is 2. The van der Waals surface area contributed by atoms with Crippen LogP contribution in [-0.2, 0) is 19.9 Å². The van der Waals surface area contributed by atoms with Gasteiger partial charge in [-0.05, 0) is 37.1 Å². The summed E-state index contributed by atoms with van der Waals surface area (Å²) < 4.78 is 10.9. The summed E-state index contributed by atoms with van der Waals surface area (Å²) in [7, 11) is 0. The third-order valence-electron chi connectivity index (χ3n) is 5.35. The van der Waals surface area contributed by atoms with E-state index in [2.05, 4.69) is 22.1 Å². The maximum atomic E-state index is 13.0. The lowest BCUT2D eigenvalue weighted by Gasteiger charge is -2.26. The molecule has 0 aliphatic carbocycles. The molecule has 0 spiro atoms. The van der Waals surface area contributed by atoms with Gasteiger partial charge in [-0.3, -0.25) is 19.4 Å². The van der Waals surface area contributed by atoms with E-state index < -0.39 is 17.5 Å². The van der Waals surface area contributed by atoms with Crippen LogP contribution in [0.2, 0.25) is 0 Å². The minimum atomic E-state index is -1.24. The van der Waals surface area contributed by atoms with E-state index in [4.69, 9.17) is 9.47 Å². The van der Waals surface area contributed by atoms with E-state index in [1.807, 2.05) is 6.92 Å². The lowest BCUT2D eigenvalue weighted by atomic mass is 9.92. The Kier molecular flexibility index (Phi) is 7.29. The normalized spacial score (nSPS) is 21.7. The van der Waals surface area contributed by atoms with Gasteiger partial charge in [0.2, 0.25) is 5.91 Å². The van der Waals surface area contributed by atoms with Gasteiger partial charge in [0.05, 0.1) is 13.2 Å². The Hall–Kier alpha value is -2.91. The highest BCUT2D eigenvalue weighted by atomic mass is 16.5. The molecular weight excluding hydrogens is 400 g/mol. The number of rotatable bonds is 9. The number of nitrogens with one attached hydrogen (secondary N) is 2. The highest BCUT2D eigenvalue weighted by Gasteiger charge is 2.49. The van der Waals surface area contributed by atoms with Gasteiger partial charge >= 0.3 is 6.03 Å². The van der Waals surface area contributed by atoms with Gasteiger partial charge in [0, 0.05) is 26.2 Å². The zero-order chi connectivity index (χ0) is 22.4. The van der Waals surface area contributed by atoms with E-state index in [1.54, 1.807) is 31.2 Å². The lowest BCUT2D eigenvalue weighted by Crippen LogP contribution is -2.45. The molecule has 1 atom stereocenters. The number of morpholine rings is 1. The monoisotopic (exact) mass is 430 g/mol. The van der Waals surface area contributed by atoms with Crippen molar-refractivity contribution in [2.45, 2.75) is 19.4 Å². The molecule has 2 heterocycles. The van der Waals surface area contributed by atoms with Crippen molar-refractivity contribution in [1.29, 1.82) is 0 Å². The largest absolute Gasteiger partial charge is 0.489 e. The molecule has 2 aliphatic rings. The van der Waals surface area contributed by atoms with Crippen molar-refractivity contribution in [3.8, 4) is 5.75 Å². The number of carbonyl (C=O) groups excluding carboxylic acids is 3. The number of benzene rings is 1. The predicted molar refractivity (Wildman–Crippen MR) is 115 cm³/mol. The third kappa shape index (κ3) is 5.62. The molecular formula is C22H30N4O5. The van der Waals surface area contributed by atoms with Crippen LogP contribution in [0.25, 0.3) is 0 Å². The molecule has 4 amide bonds. The van der Waals surface area contributed by atoms with Crippen molar-refractivity contribution in [2.75, 3.05) is 52.5 Å². The van der Waals surface area contributed by atoms with Crippen LogP contribution in [0.5, 0.6) is 5.75 Å². The van der Waals surface area contributed by atoms with Crippen LogP contribution >= 0.6 is 0 Å². The molecule has 2 fully saturated rings. The van der Waals surface area contributed by atoms with Crippen molar-refractivity contribution in [2.24, 2.45) is 0 Å². The summed E-state index contributed by atoms with van der Waals surface area (Å²) in [5, 5.41) is 5.49. The van der Waals surface area contributed by atoms with E-state index in [9.17, 15) is 14.4 Å². The molecule has 168 valence electrons. The number of hydrogen-bond acceptors (Lipinski definition) is 6. The van der Waals surface area contributed by atoms with Gasteiger partial charge in [0.1, 0.15) is 24.4 Å². The molecule has 9 heteroatoms. The molecule has 0 radical (unpaired) electrons. The first-order chi connectivity index (χ1) is 14.8. The van der Waals surface area contributed by atoms with Crippen LogP contribution in [0.4, 0.5) is 4.79 Å². The van der Waals surface area contributed by atoms with Crippen LogP contribution < -0.4 is 15.4 Å². The van der Waals surface area contributed by atoms with Crippen LogP contribution in [0, 0.1) is 0 Å². The SMILES string of the molecule is C=C(C)COc1ccc(C2(C)NC(=O)N(CC(=O)NCCN3CCOCC3)C2=O)cc1. The quantitative estimate of drug-likeness (QED) is 0.445. The maximum Gasteiger partial charge on any atom is 0.325 e. The summed E-state index contributed by atoms with van der Waals surface area (Å²) in [4.78, 5) is 40.9. The molecule has 2 aliphatic heterocycles. The zero-order valence-electron chi connectivity index (χ0n) is 18.1. The molecule has 0 saturated carbocycles. The molecule has 1 aromatic rings. The topological polar surface area (TPSA) is 100 Å². The Morgan fingerprint density at radius 3 is 2.58 bits per heavy atom. The minimum absolute atomic E-state index is 0.316. The van der Waals surface area contributed by atoms with Crippen molar-refractivity contribution >= 4 is 17.8 Å². The molecule has 1 aromatic carbocycles. The average Bonchev–Trinajstić information content (AvgIpc) is 2.97.